The Labute approximate surface area is 97.8 Å². The molecule has 1 rings (SSSR count). The first-order valence-electron chi connectivity index (χ1n) is 5.59. The summed E-state index contributed by atoms with van der Waals surface area (Å²) in [6.07, 6.45) is 2.23. The first-order chi connectivity index (χ1) is 7.18. The molecule has 0 aliphatic heterocycles. The molecule has 1 atom stereocenters. The summed E-state index contributed by atoms with van der Waals surface area (Å²) >= 11 is 5.87. The van der Waals surface area contributed by atoms with Gasteiger partial charge in [0.1, 0.15) is 0 Å². The molecule has 0 radical (unpaired) electrons. The molecule has 1 aromatic carbocycles. The van der Waals surface area contributed by atoms with Gasteiger partial charge >= 0.3 is 0 Å². The number of hydrogen-bond acceptors (Lipinski definition) is 1. The van der Waals surface area contributed by atoms with Crippen LogP contribution in [0.5, 0.6) is 0 Å². The lowest BCUT2D eigenvalue weighted by Crippen LogP contribution is -2.15. The second kappa shape index (κ2) is 6.86. The molecule has 0 heterocycles. The molecule has 0 aliphatic carbocycles. The van der Waals surface area contributed by atoms with E-state index in [-0.39, 0.29) is 0 Å². The molecule has 0 saturated carbocycles. The molecular formula is C13H20ClN. The minimum absolute atomic E-state index is 0.297. The Morgan fingerprint density at radius 2 is 2.20 bits per heavy atom. The second-order valence-corrected chi connectivity index (χ2v) is 4.83. The molecule has 0 spiro atoms. The van der Waals surface area contributed by atoms with Crippen LogP contribution < -0.4 is 5.32 Å². The Morgan fingerprint density at radius 3 is 2.87 bits per heavy atom. The molecule has 1 unspecified atom stereocenters. The fourth-order valence-corrected chi connectivity index (χ4v) is 1.72. The summed E-state index contributed by atoms with van der Waals surface area (Å²) in [7, 11) is 0. The Kier molecular flexibility index (Phi) is 5.74. The van der Waals surface area contributed by atoms with Gasteiger partial charge in [0.25, 0.3) is 0 Å². The van der Waals surface area contributed by atoms with Crippen molar-refractivity contribution in [1.82, 2.24) is 5.32 Å². The van der Waals surface area contributed by atoms with E-state index in [9.17, 15) is 0 Å². The summed E-state index contributed by atoms with van der Waals surface area (Å²) in [6, 6.07) is 8.60. The Balaban J connectivity index is 2.15. The molecule has 0 aliphatic rings. The third kappa shape index (κ3) is 5.81. The minimum atomic E-state index is 0.297. The lowest BCUT2D eigenvalue weighted by Gasteiger charge is -2.06. The zero-order valence-corrected chi connectivity index (χ0v) is 10.3. The molecule has 2 heteroatoms. The van der Waals surface area contributed by atoms with E-state index >= 15 is 0 Å². The minimum Gasteiger partial charge on any atom is -0.313 e. The van der Waals surface area contributed by atoms with E-state index in [4.69, 9.17) is 11.6 Å². The molecule has 15 heavy (non-hydrogen) atoms. The van der Waals surface area contributed by atoms with E-state index in [1.807, 2.05) is 6.92 Å². The zero-order chi connectivity index (χ0) is 11.1. The van der Waals surface area contributed by atoms with Crippen LogP contribution in [0.3, 0.4) is 0 Å². The predicted molar refractivity (Wildman–Crippen MR) is 67.4 cm³/mol. The van der Waals surface area contributed by atoms with Gasteiger partial charge in [-0.15, -0.1) is 11.6 Å². The van der Waals surface area contributed by atoms with Crippen molar-refractivity contribution in [3.63, 3.8) is 0 Å². The van der Waals surface area contributed by atoms with Crippen LogP contribution in [0.1, 0.15) is 30.9 Å². The molecule has 0 aromatic heterocycles. The van der Waals surface area contributed by atoms with Crippen LogP contribution in [0.15, 0.2) is 24.3 Å². The van der Waals surface area contributed by atoms with Crippen molar-refractivity contribution in [3.8, 4) is 0 Å². The normalized spacial score (nSPS) is 12.7. The van der Waals surface area contributed by atoms with Gasteiger partial charge in [-0.2, -0.15) is 0 Å². The first-order valence-corrected chi connectivity index (χ1v) is 6.02. The number of halogens is 1. The van der Waals surface area contributed by atoms with E-state index in [0.29, 0.717) is 5.38 Å². The third-order valence-corrected chi connectivity index (χ3v) is 2.59. The van der Waals surface area contributed by atoms with Crippen molar-refractivity contribution < 1.29 is 0 Å². The average Bonchev–Trinajstić information content (AvgIpc) is 2.17. The fourth-order valence-electron chi connectivity index (χ4n) is 1.56. The summed E-state index contributed by atoms with van der Waals surface area (Å²) in [5, 5.41) is 3.72. The van der Waals surface area contributed by atoms with Gasteiger partial charge in [0.15, 0.2) is 0 Å². The Morgan fingerprint density at radius 1 is 1.40 bits per heavy atom. The van der Waals surface area contributed by atoms with Gasteiger partial charge in [0.05, 0.1) is 0 Å². The van der Waals surface area contributed by atoms with Crippen LogP contribution in [0.2, 0.25) is 0 Å². The predicted octanol–water partition coefficient (Wildman–Crippen LogP) is 3.49. The van der Waals surface area contributed by atoms with Gasteiger partial charge in [0.2, 0.25) is 0 Å². The number of hydrogen-bond donors (Lipinski definition) is 1. The Hall–Kier alpha value is -0.530. The van der Waals surface area contributed by atoms with E-state index in [0.717, 1.165) is 25.9 Å². The van der Waals surface area contributed by atoms with Crippen LogP contribution in [0.25, 0.3) is 0 Å². The van der Waals surface area contributed by atoms with Gasteiger partial charge in [-0.3, -0.25) is 0 Å². The number of nitrogens with one attached hydrogen (secondary N) is 1. The second-order valence-electron chi connectivity index (χ2n) is 4.09. The molecule has 0 bridgehead atoms. The van der Waals surface area contributed by atoms with Crippen molar-refractivity contribution in [2.24, 2.45) is 0 Å². The van der Waals surface area contributed by atoms with Gasteiger partial charge < -0.3 is 5.32 Å². The highest BCUT2D eigenvalue weighted by Crippen LogP contribution is 2.04. The van der Waals surface area contributed by atoms with Crippen LogP contribution in [0.4, 0.5) is 0 Å². The van der Waals surface area contributed by atoms with Gasteiger partial charge in [-0.1, -0.05) is 29.8 Å². The van der Waals surface area contributed by atoms with E-state index in [2.05, 4.69) is 36.5 Å². The SMILES string of the molecule is Cc1cccc(CNCCCC(C)Cl)c1. The molecule has 84 valence electrons. The zero-order valence-electron chi connectivity index (χ0n) is 9.59. The molecule has 1 N–H and O–H groups in total. The summed E-state index contributed by atoms with van der Waals surface area (Å²) in [5.74, 6) is 0. The monoisotopic (exact) mass is 225 g/mol. The highest BCUT2D eigenvalue weighted by Gasteiger charge is 1.96. The van der Waals surface area contributed by atoms with Crippen molar-refractivity contribution in [1.29, 1.82) is 0 Å². The largest absolute Gasteiger partial charge is 0.313 e. The first kappa shape index (κ1) is 12.5. The summed E-state index contributed by atoms with van der Waals surface area (Å²) in [5.41, 5.74) is 2.68. The van der Waals surface area contributed by atoms with Gasteiger partial charge in [-0.25, -0.2) is 0 Å². The van der Waals surface area contributed by atoms with Crippen LogP contribution >= 0.6 is 11.6 Å². The quantitative estimate of drug-likeness (QED) is 0.577. The lowest BCUT2D eigenvalue weighted by molar-refractivity contribution is 0.619. The third-order valence-electron chi connectivity index (χ3n) is 2.37. The number of alkyl halides is 1. The smallest absolute Gasteiger partial charge is 0.0308 e. The fraction of sp³-hybridized carbons (Fsp3) is 0.538. The molecule has 1 aromatic rings. The van der Waals surface area contributed by atoms with Crippen molar-refractivity contribution in [2.45, 2.75) is 38.6 Å². The van der Waals surface area contributed by atoms with Crippen molar-refractivity contribution >= 4 is 11.6 Å². The van der Waals surface area contributed by atoms with Gasteiger partial charge in [0, 0.05) is 11.9 Å². The van der Waals surface area contributed by atoms with E-state index in [1.54, 1.807) is 0 Å². The maximum atomic E-state index is 5.87. The van der Waals surface area contributed by atoms with Crippen LogP contribution in [-0.2, 0) is 6.54 Å². The topological polar surface area (TPSA) is 12.0 Å². The maximum absolute atomic E-state index is 5.87. The maximum Gasteiger partial charge on any atom is 0.0308 e. The molecule has 1 nitrogen and oxygen atoms in total. The lowest BCUT2D eigenvalue weighted by atomic mass is 10.1. The molecular weight excluding hydrogens is 206 g/mol. The van der Waals surface area contributed by atoms with Crippen LogP contribution in [-0.4, -0.2) is 11.9 Å². The number of rotatable bonds is 6. The van der Waals surface area contributed by atoms with Gasteiger partial charge in [-0.05, 0) is 38.8 Å². The average molecular weight is 226 g/mol. The van der Waals surface area contributed by atoms with Crippen molar-refractivity contribution in [2.75, 3.05) is 6.54 Å². The number of aryl methyl sites for hydroxylation is 1. The summed E-state index contributed by atoms with van der Waals surface area (Å²) in [4.78, 5) is 0. The van der Waals surface area contributed by atoms with E-state index in [1.165, 1.54) is 11.1 Å². The molecule has 0 fully saturated rings. The standard InChI is InChI=1S/C13H20ClN/c1-11-5-3-7-13(9-11)10-15-8-4-6-12(2)14/h3,5,7,9,12,15H,4,6,8,10H2,1-2H3. The number of benzene rings is 1. The molecule has 0 amide bonds. The van der Waals surface area contributed by atoms with E-state index < -0.39 is 0 Å². The van der Waals surface area contributed by atoms with Crippen molar-refractivity contribution in [3.05, 3.63) is 35.4 Å². The Bertz CT molecular complexity index is 284. The molecule has 0 saturated heterocycles. The highest BCUT2D eigenvalue weighted by molar-refractivity contribution is 6.20. The summed E-state index contributed by atoms with van der Waals surface area (Å²) < 4.78 is 0. The summed E-state index contributed by atoms with van der Waals surface area (Å²) in [6.45, 7) is 6.17. The van der Waals surface area contributed by atoms with Crippen LogP contribution in [0, 0.1) is 6.92 Å². The highest BCUT2D eigenvalue weighted by atomic mass is 35.5.